The Morgan fingerprint density at radius 3 is 1.39 bits per heavy atom. The number of hydrogen-bond donors (Lipinski definition) is 4. The van der Waals surface area contributed by atoms with E-state index in [1.165, 1.54) is 21.5 Å². The minimum Gasteiger partial charge on any atom is -0.353 e. The molecule has 0 radical (unpaired) electrons. The van der Waals surface area contributed by atoms with E-state index in [1.54, 1.807) is 0 Å². The fraction of sp³-hybridized carbons (Fsp3) is 0.267. The fourth-order valence-electron chi connectivity index (χ4n) is 4.21. The van der Waals surface area contributed by atoms with Crippen LogP contribution < -0.4 is 21.3 Å². The number of benzene rings is 4. The standard InChI is InChI=1S/C30H34N4O2/c1-21(25-13-11-23-7-3-5-9-27(23)17-25)33-19-29(35)31-15-16-32-30(36)20-34-22(2)26-14-12-24-8-4-6-10-28(24)18-26/h3-14,17-18,21-22,33-34H,15-16,19-20H2,1-2H3,(H,31,35)(H,32,36)/t21-,22-/m0/s1. The maximum atomic E-state index is 12.2. The summed E-state index contributed by atoms with van der Waals surface area (Å²) in [6.07, 6.45) is 0. The second-order valence-electron chi connectivity index (χ2n) is 9.12. The number of fused-ring (bicyclic) bond motifs is 2. The van der Waals surface area contributed by atoms with Crippen molar-refractivity contribution < 1.29 is 9.59 Å². The summed E-state index contributed by atoms with van der Waals surface area (Å²) in [5.74, 6) is -0.195. The quantitative estimate of drug-likeness (QED) is 0.241. The molecular formula is C30H34N4O2. The van der Waals surface area contributed by atoms with Crippen molar-refractivity contribution in [3.63, 3.8) is 0 Å². The molecular weight excluding hydrogens is 448 g/mol. The summed E-state index contributed by atoms with van der Waals surface area (Å²) in [4.78, 5) is 24.4. The van der Waals surface area contributed by atoms with E-state index >= 15 is 0 Å². The maximum Gasteiger partial charge on any atom is 0.234 e. The van der Waals surface area contributed by atoms with E-state index in [0.717, 1.165) is 11.1 Å². The minimum absolute atomic E-state index is 0.0516. The molecule has 4 aromatic carbocycles. The molecule has 6 nitrogen and oxygen atoms in total. The first-order valence-electron chi connectivity index (χ1n) is 12.5. The molecule has 0 saturated carbocycles. The highest BCUT2D eigenvalue weighted by Gasteiger charge is 2.10. The van der Waals surface area contributed by atoms with E-state index in [-0.39, 0.29) is 37.0 Å². The van der Waals surface area contributed by atoms with Crippen LogP contribution in [0.5, 0.6) is 0 Å². The van der Waals surface area contributed by atoms with Crippen LogP contribution in [0.1, 0.15) is 37.1 Å². The number of carbonyl (C=O) groups excluding carboxylic acids is 2. The third kappa shape index (κ3) is 6.90. The van der Waals surface area contributed by atoms with Gasteiger partial charge in [0.2, 0.25) is 11.8 Å². The lowest BCUT2D eigenvalue weighted by atomic mass is 10.0. The van der Waals surface area contributed by atoms with Crippen LogP contribution in [0.3, 0.4) is 0 Å². The number of carbonyl (C=O) groups is 2. The molecule has 4 rings (SSSR count). The van der Waals surface area contributed by atoms with Crippen LogP contribution in [0.15, 0.2) is 84.9 Å². The molecule has 0 aliphatic carbocycles. The van der Waals surface area contributed by atoms with Crippen LogP contribution in [0.4, 0.5) is 0 Å². The van der Waals surface area contributed by atoms with Crippen molar-refractivity contribution in [1.82, 2.24) is 21.3 Å². The highest BCUT2D eigenvalue weighted by atomic mass is 16.2. The average Bonchev–Trinajstić information content (AvgIpc) is 2.92. The Bertz CT molecular complexity index is 1230. The molecule has 0 aromatic heterocycles. The third-order valence-corrected chi connectivity index (χ3v) is 6.45. The van der Waals surface area contributed by atoms with Crippen molar-refractivity contribution in [2.24, 2.45) is 0 Å². The first-order chi connectivity index (χ1) is 17.5. The third-order valence-electron chi connectivity index (χ3n) is 6.45. The number of nitrogens with one attached hydrogen (secondary N) is 4. The van der Waals surface area contributed by atoms with E-state index < -0.39 is 0 Å². The van der Waals surface area contributed by atoms with Crippen LogP contribution in [0, 0.1) is 0 Å². The van der Waals surface area contributed by atoms with E-state index in [4.69, 9.17) is 0 Å². The molecule has 6 heteroatoms. The summed E-state index contributed by atoms with van der Waals surface area (Å²) in [7, 11) is 0. The zero-order valence-corrected chi connectivity index (χ0v) is 20.9. The molecule has 4 N–H and O–H groups in total. The van der Waals surface area contributed by atoms with Crippen LogP contribution in [-0.2, 0) is 9.59 Å². The van der Waals surface area contributed by atoms with Gasteiger partial charge in [-0.2, -0.15) is 0 Å². The molecule has 0 saturated heterocycles. The predicted octanol–water partition coefficient (Wildman–Crippen LogP) is 4.23. The Labute approximate surface area is 212 Å². The lowest BCUT2D eigenvalue weighted by Crippen LogP contribution is -2.41. The van der Waals surface area contributed by atoms with Crippen molar-refractivity contribution in [2.75, 3.05) is 26.2 Å². The van der Waals surface area contributed by atoms with Gasteiger partial charge in [0, 0.05) is 25.2 Å². The molecule has 0 unspecified atom stereocenters. The van der Waals surface area contributed by atoms with Gasteiger partial charge in [0.05, 0.1) is 13.1 Å². The first kappa shape index (κ1) is 25.4. The van der Waals surface area contributed by atoms with E-state index in [9.17, 15) is 9.59 Å². The van der Waals surface area contributed by atoms with Crippen LogP contribution >= 0.6 is 0 Å². The van der Waals surface area contributed by atoms with Gasteiger partial charge < -0.3 is 21.3 Å². The van der Waals surface area contributed by atoms with Gasteiger partial charge in [0.15, 0.2) is 0 Å². The van der Waals surface area contributed by atoms with Gasteiger partial charge in [0.25, 0.3) is 0 Å². The largest absolute Gasteiger partial charge is 0.353 e. The number of hydrogen-bond acceptors (Lipinski definition) is 4. The molecule has 2 atom stereocenters. The van der Waals surface area contributed by atoms with Gasteiger partial charge in [0.1, 0.15) is 0 Å². The van der Waals surface area contributed by atoms with Gasteiger partial charge in [-0.15, -0.1) is 0 Å². The zero-order valence-electron chi connectivity index (χ0n) is 20.9. The first-order valence-corrected chi connectivity index (χ1v) is 12.5. The molecule has 0 bridgehead atoms. The molecule has 0 spiro atoms. The normalized spacial score (nSPS) is 12.8. The van der Waals surface area contributed by atoms with E-state index in [2.05, 4.69) is 81.9 Å². The van der Waals surface area contributed by atoms with Crippen LogP contribution in [0.2, 0.25) is 0 Å². The topological polar surface area (TPSA) is 82.3 Å². The van der Waals surface area contributed by atoms with Crippen molar-refractivity contribution in [3.05, 3.63) is 96.1 Å². The molecule has 186 valence electrons. The van der Waals surface area contributed by atoms with Gasteiger partial charge in [-0.05, 0) is 58.7 Å². The molecule has 4 aromatic rings. The van der Waals surface area contributed by atoms with Crippen molar-refractivity contribution in [2.45, 2.75) is 25.9 Å². The Balaban J connectivity index is 1.11. The van der Waals surface area contributed by atoms with E-state index in [0.29, 0.717) is 13.1 Å². The van der Waals surface area contributed by atoms with E-state index in [1.807, 2.05) is 38.1 Å². The molecule has 0 fully saturated rings. The second kappa shape index (κ2) is 12.3. The predicted molar refractivity (Wildman–Crippen MR) is 147 cm³/mol. The average molecular weight is 483 g/mol. The van der Waals surface area contributed by atoms with Crippen LogP contribution in [0.25, 0.3) is 21.5 Å². The molecule has 0 heterocycles. The lowest BCUT2D eigenvalue weighted by molar-refractivity contribution is -0.122. The summed E-state index contributed by atoms with van der Waals surface area (Å²) in [5.41, 5.74) is 2.28. The Morgan fingerprint density at radius 1 is 0.583 bits per heavy atom. The Morgan fingerprint density at radius 2 is 0.972 bits per heavy atom. The van der Waals surface area contributed by atoms with Gasteiger partial charge in [-0.3, -0.25) is 9.59 Å². The smallest absolute Gasteiger partial charge is 0.234 e. The molecule has 2 amide bonds. The Hall–Kier alpha value is -3.74. The lowest BCUT2D eigenvalue weighted by Gasteiger charge is -2.16. The second-order valence-corrected chi connectivity index (χ2v) is 9.12. The van der Waals surface area contributed by atoms with Gasteiger partial charge in [-0.25, -0.2) is 0 Å². The van der Waals surface area contributed by atoms with Gasteiger partial charge in [-0.1, -0.05) is 72.8 Å². The van der Waals surface area contributed by atoms with Crippen molar-refractivity contribution in [1.29, 1.82) is 0 Å². The summed E-state index contributed by atoms with van der Waals surface area (Å²) in [5, 5.41) is 17.0. The van der Waals surface area contributed by atoms with Crippen molar-refractivity contribution in [3.8, 4) is 0 Å². The molecule has 0 aliphatic rings. The summed E-state index contributed by atoms with van der Waals surface area (Å²) in [6.45, 7) is 5.29. The molecule has 0 aliphatic heterocycles. The zero-order chi connectivity index (χ0) is 25.3. The Kier molecular flexibility index (Phi) is 8.66. The number of amides is 2. The van der Waals surface area contributed by atoms with Crippen molar-refractivity contribution >= 4 is 33.4 Å². The maximum absolute atomic E-state index is 12.2. The summed E-state index contributed by atoms with van der Waals surface area (Å²) < 4.78 is 0. The summed E-state index contributed by atoms with van der Waals surface area (Å²) in [6, 6.07) is 29.2. The minimum atomic E-state index is -0.0973. The monoisotopic (exact) mass is 482 g/mol. The van der Waals surface area contributed by atoms with Crippen LogP contribution in [-0.4, -0.2) is 38.0 Å². The fourth-order valence-corrected chi connectivity index (χ4v) is 4.21. The van der Waals surface area contributed by atoms with Gasteiger partial charge >= 0.3 is 0 Å². The highest BCUT2D eigenvalue weighted by molar-refractivity contribution is 5.84. The SMILES string of the molecule is C[C@H](NCC(=O)NCCNC(=O)CN[C@@H](C)c1ccc2ccccc2c1)c1ccc2ccccc2c1. The number of rotatable bonds is 11. The highest BCUT2D eigenvalue weighted by Crippen LogP contribution is 2.21. The molecule has 36 heavy (non-hydrogen) atoms. The summed E-state index contributed by atoms with van der Waals surface area (Å²) >= 11 is 0.